The van der Waals surface area contributed by atoms with E-state index < -0.39 is 5.97 Å². The molecule has 25 heavy (non-hydrogen) atoms. The number of carbonyl (C=O) groups excluding carboxylic acids is 3. The first-order valence-electron chi connectivity index (χ1n) is 8.55. The second-order valence-corrected chi connectivity index (χ2v) is 7.15. The molecule has 3 aliphatic carbocycles. The third-order valence-electron chi connectivity index (χ3n) is 5.46. The van der Waals surface area contributed by atoms with Gasteiger partial charge in [-0.1, -0.05) is 23.8 Å². The molecule has 0 unspecified atom stereocenters. The van der Waals surface area contributed by atoms with E-state index in [1.165, 1.54) is 17.0 Å². The standard InChI is InChI=1S/C19H18ClNO4/c1-2-25-19(24)13-9-12(7-8-14(13)20)21-17(22)15-10-3-4-11(6-5-10)16(15)18(21)23/h3-4,7-11,15-16H,2,5-6H2,1H3/t10-,11-,15-,16+/m1/s1. The van der Waals surface area contributed by atoms with Crippen LogP contribution >= 0.6 is 11.6 Å². The van der Waals surface area contributed by atoms with Crippen LogP contribution in [-0.4, -0.2) is 24.4 Å². The zero-order valence-corrected chi connectivity index (χ0v) is 14.5. The number of hydrogen-bond donors (Lipinski definition) is 0. The molecular formula is C19H18ClNO4. The van der Waals surface area contributed by atoms with Gasteiger partial charge >= 0.3 is 5.97 Å². The van der Waals surface area contributed by atoms with Gasteiger partial charge in [-0.05, 0) is 49.8 Å². The van der Waals surface area contributed by atoms with E-state index >= 15 is 0 Å². The van der Waals surface area contributed by atoms with Crippen molar-refractivity contribution >= 4 is 35.1 Å². The topological polar surface area (TPSA) is 63.7 Å². The molecule has 4 aliphatic rings. The molecule has 0 aromatic heterocycles. The van der Waals surface area contributed by atoms with E-state index in [9.17, 15) is 14.4 Å². The number of halogens is 1. The highest BCUT2D eigenvalue weighted by molar-refractivity contribution is 6.34. The van der Waals surface area contributed by atoms with Gasteiger partial charge in [0.2, 0.25) is 11.8 Å². The van der Waals surface area contributed by atoms with Gasteiger partial charge in [-0.2, -0.15) is 0 Å². The minimum Gasteiger partial charge on any atom is -0.462 e. The minimum atomic E-state index is -0.562. The third-order valence-corrected chi connectivity index (χ3v) is 5.79. The highest BCUT2D eigenvalue weighted by Crippen LogP contribution is 2.50. The smallest absolute Gasteiger partial charge is 0.339 e. The van der Waals surface area contributed by atoms with Gasteiger partial charge in [0.1, 0.15) is 0 Å². The van der Waals surface area contributed by atoms with Crippen LogP contribution in [0.5, 0.6) is 0 Å². The van der Waals surface area contributed by atoms with Crippen LogP contribution in [-0.2, 0) is 14.3 Å². The zero-order valence-electron chi connectivity index (χ0n) is 13.8. The number of ether oxygens (including phenoxy) is 1. The molecule has 5 nitrogen and oxygen atoms in total. The molecule has 2 amide bonds. The predicted molar refractivity (Wildman–Crippen MR) is 92.2 cm³/mol. The Balaban J connectivity index is 1.71. The van der Waals surface area contributed by atoms with E-state index in [2.05, 4.69) is 12.2 Å². The molecule has 0 radical (unpaired) electrons. The lowest BCUT2D eigenvalue weighted by molar-refractivity contribution is -0.124. The van der Waals surface area contributed by atoms with Gasteiger partial charge in [0, 0.05) is 0 Å². The summed E-state index contributed by atoms with van der Waals surface area (Å²) in [6, 6.07) is 4.61. The van der Waals surface area contributed by atoms with Crippen LogP contribution in [0.25, 0.3) is 0 Å². The number of anilines is 1. The quantitative estimate of drug-likeness (QED) is 0.472. The van der Waals surface area contributed by atoms with Crippen molar-refractivity contribution in [3.8, 4) is 0 Å². The average Bonchev–Trinajstić information content (AvgIpc) is 2.90. The van der Waals surface area contributed by atoms with Crippen molar-refractivity contribution in [3.63, 3.8) is 0 Å². The summed E-state index contributed by atoms with van der Waals surface area (Å²) in [6.07, 6.45) is 6.06. The van der Waals surface area contributed by atoms with Gasteiger partial charge in [0.05, 0.1) is 34.7 Å². The Kier molecular flexibility index (Phi) is 3.91. The Morgan fingerprint density at radius 3 is 2.28 bits per heavy atom. The molecule has 1 saturated carbocycles. The first kappa shape index (κ1) is 16.3. The minimum absolute atomic E-state index is 0.133. The molecule has 2 fully saturated rings. The van der Waals surface area contributed by atoms with Crippen molar-refractivity contribution in [1.82, 2.24) is 0 Å². The van der Waals surface area contributed by atoms with Gasteiger partial charge in [-0.3, -0.25) is 9.59 Å². The Morgan fingerprint density at radius 2 is 1.76 bits per heavy atom. The number of allylic oxidation sites excluding steroid dienone is 2. The number of nitrogens with zero attached hydrogens (tertiary/aromatic N) is 1. The van der Waals surface area contributed by atoms with Gasteiger partial charge in [0.25, 0.3) is 0 Å². The second kappa shape index (κ2) is 5.99. The first-order chi connectivity index (χ1) is 12.0. The fraction of sp³-hybridized carbons (Fsp3) is 0.421. The van der Waals surface area contributed by atoms with Gasteiger partial charge < -0.3 is 4.74 Å². The number of rotatable bonds is 3. The van der Waals surface area contributed by atoms with Crippen LogP contribution < -0.4 is 4.90 Å². The largest absolute Gasteiger partial charge is 0.462 e. The number of esters is 1. The normalized spacial score (nSPS) is 29.9. The fourth-order valence-electron chi connectivity index (χ4n) is 4.35. The van der Waals surface area contributed by atoms with Crippen molar-refractivity contribution in [2.45, 2.75) is 19.8 Å². The third kappa shape index (κ3) is 2.41. The van der Waals surface area contributed by atoms with Crippen molar-refractivity contribution in [3.05, 3.63) is 40.9 Å². The Bertz CT molecular complexity index is 771. The summed E-state index contributed by atoms with van der Waals surface area (Å²) in [7, 11) is 0. The molecule has 0 spiro atoms. The Labute approximate surface area is 150 Å². The predicted octanol–water partition coefficient (Wildman–Crippen LogP) is 3.22. The molecule has 1 aromatic carbocycles. The lowest BCUT2D eigenvalue weighted by atomic mass is 9.63. The van der Waals surface area contributed by atoms with E-state index in [-0.39, 0.29) is 52.7 Å². The van der Waals surface area contributed by atoms with E-state index in [4.69, 9.17) is 16.3 Å². The van der Waals surface area contributed by atoms with Crippen LogP contribution in [0.4, 0.5) is 5.69 Å². The molecule has 1 heterocycles. The van der Waals surface area contributed by atoms with Crippen LogP contribution in [0.1, 0.15) is 30.1 Å². The Morgan fingerprint density at radius 1 is 1.16 bits per heavy atom. The molecule has 1 aliphatic heterocycles. The fourth-order valence-corrected chi connectivity index (χ4v) is 4.54. The van der Waals surface area contributed by atoms with Crippen molar-refractivity contribution in [2.24, 2.45) is 23.7 Å². The number of carbonyl (C=O) groups is 3. The maximum atomic E-state index is 13.0. The lowest BCUT2D eigenvalue weighted by Crippen LogP contribution is -2.38. The van der Waals surface area contributed by atoms with Gasteiger partial charge in [-0.15, -0.1) is 0 Å². The molecular weight excluding hydrogens is 342 g/mol. The van der Waals surface area contributed by atoms with Crippen LogP contribution in [0.15, 0.2) is 30.4 Å². The second-order valence-electron chi connectivity index (χ2n) is 6.74. The highest BCUT2D eigenvalue weighted by Gasteiger charge is 2.56. The molecule has 1 aromatic rings. The van der Waals surface area contributed by atoms with Crippen LogP contribution in [0, 0.1) is 23.7 Å². The summed E-state index contributed by atoms with van der Waals surface area (Å²) < 4.78 is 5.00. The molecule has 4 atom stereocenters. The van der Waals surface area contributed by atoms with Gasteiger partial charge in [0.15, 0.2) is 0 Å². The molecule has 2 bridgehead atoms. The van der Waals surface area contributed by atoms with E-state index in [1.807, 2.05) is 0 Å². The monoisotopic (exact) mass is 359 g/mol. The number of hydrogen-bond acceptors (Lipinski definition) is 4. The maximum absolute atomic E-state index is 13.0. The van der Waals surface area contributed by atoms with E-state index in [0.717, 1.165) is 12.8 Å². The summed E-state index contributed by atoms with van der Waals surface area (Å²) in [5, 5.41) is 0.237. The number of fused-ring (bicyclic) bond motifs is 1. The zero-order chi connectivity index (χ0) is 17.7. The molecule has 6 heteroatoms. The molecule has 1 saturated heterocycles. The van der Waals surface area contributed by atoms with Gasteiger partial charge in [-0.25, -0.2) is 9.69 Å². The summed E-state index contributed by atoms with van der Waals surface area (Å²) in [4.78, 5) is 39.2. The highest BCUT2D eigenvalue weighted by atomic mass is 35.5. The van der Waals surface area contributed by atoms with Crippen LogP contribution in [0.3, 0.4) is 0 Å². The lowest BCUT2D eigenvalue weighted by Gasteiger charge is -2.38. The van der Waals surface area contributed by atoms with Crippen molar-refractivity contribution < 1.29 is 19.1 Å². The SMILES string of the molecule is CCOC(=O)c1cc(N2C(=O)[C@@H]3[C@H](C2=O)[C@@H]2C=C[C@@H]3CC2)ccc1Cl. The Hall–Kier alpha value is -2.14. The van der Waals surface area contributed by atoms with E-state index in [0.29, 0.717) is 5.69 Å². The number of amides is 2. The van der Waals surface area contributed by atoms with E-state index in [1.54, 1.807) is 13.0 Å². The summed E-state index contributed by atoms with van der Waals surface area (Å²) in [5.74, 6) is -1.21. The molecule has 130 valence electrons. The molecule has 5 rings (SSSR count). The number of imide groups is 1. The summed E-state index contributed by atoms with van der Waals surface area (Å²) in [6.45, 7) is 1.93. The average molecular weight is 360 g/mol. The van der Waals surface area contributed by atoms with Crippen LogP contribution in [0.2, 0.25) is 5.02 Å². The summed E-state index contributed by atoms with van der Waals surface area (Å²) >= 11 is 6.09. The maximum Gasteiger partial charge on any atom is 0.339 e. The number of benzene rings is 1. The van der Waals surface area contributed by atoms with Crippen molar-refractivity contribution in [1.29, 1.82) is 0 Å². The first-order valence-corrected chi connectivity index (χ1v) is 8.93. The summed E-state index contributed by atoms with van der Waals surface area (Å²) in [5.41, 5.74) is 0.550. The van der Waals surface area contributed by atoms with Crippen molar-refractivity contribution in [2.75, 3.05) is 11.5 Å². The molecule has 0 N–H and O–H groups in total.